The Kier molecular flexibility index (Phi) is 6.57. The van der Waals surface area contributed by atoms with E-state index in [-0.39, 0.29) is 34.9 Å². The molecule has 0 bridgehead atoms. The summed E-state index contributed by atoms with van der Waals surface area (Å²) in [5.41, 5.74) is -3.50. The van der Waals surface area contributed by atoms with Crippen LogP contribution in [-0.4, -0.2) is 28.0 Å². The van der Waals surface area contributed by atoms with Crippen LogP contribution in [0.4, 0.5) is 26.3 Å². The van der Waals surface area contributed by atoms with E-state index in [2.05, 4.69) is 14.7 Å². The topological polar surface area (TPSA) is 64.5 Å². The second-order valence-corrected chi connectivity index (χ2v) is 7.77. The van der Waals surface area contributed by atoms with E-state index in [0.29, 0.717) is 23.8 Å². The largest absolute Gasteiger partial charge is 0.573 e. The van der Waals surface area contributed by atoms with Crippen molar-refractivity contribution >= 4 is 21.6 Å². The van der Waals surface area contributed by atoms with Crippen molar-refractivity contribution in [2.45, 2.75) is 44.8 Å². The molecule has 32 heavy (non-hydrogen) atoms. The van der Waals surface area contributed by atoms with E-state index in [1.807, 2.05) is 0 Å². The lowest BCUT2D eigenvalue weighted by molar-refractivity contribution is -0.276. The summed E-state index contributed by atoms with van der Waals surface area (Å²) in [6.45, 7) is 3.74. The van der Waals surface area contributed by atoms with Crippen molar-refractivity contribution in [3.8, 4) is 11.5 Å². The lowest BCUT2D eigenvalue weighted by Gasteiger charge is -2.27. The van der Waals surface area contributed by atoms with Crippen molar-refractivity contribution in [1.82, 2.24) is 9.97 Å². The molecule has 12 heteroatoms. The molecule has 3 aromatic rings. The number of aliphatic hydroxyl groups is 1. The molecule has 0 radical (unpaired) electrons. The number of thiazole rings is 1. The summed E-state index contributed by atoms with van der Waals surface area (Å²) in [5, 5.41) is 11.4. The van der Waals surface area contributed by atoms with Crippen molar-refractivity contribution in [3.05, 3.63) is 46.7 Å². The molecule has 174 valence electrons. The predicted molar refractivity (Wildman–Crippen MR) is 105 cm³/mol. The highest BCUT2D eigenvalue weighted by Crippen LogP contribution is 2.48. The first kappa shape index (κ1) is 24.1. The van der Waals surface area contributed by atoms with E-state index in [0.717, 1.165) is 6.07 Å². The number of fused-ring (bicyclic) bond motifs is 1. The number of hydrogen-bond acceptors (Lipinski definition) is 6. The number of rotatable bonds is 7. The van der Waals surface area contributed by atoms with Crippen LogP contribution in [-0.2, 0) is 11.8 Å². The summed E-state index contributed by atoms with van der Waals surface area (Å²) in [7, 11) is 0. The molecule has 0 aliphatic carbocycles. The van der Waals surface area contributed by atoms with Crippen LogP contribution < -0.4 is 9.47 Å². The zero-order chi connectivity index (χ0) is 23.7. The van der Waals surface area contributed by atoms with Gasteiger partial charge < -0.3 is 14.6 Å². The average Bonchev–Trinajstić information content (AvgIpc) is 3.11. The summed E-state index contributed by atoms with van der Waals surface area (Å²) < 4.78 is 87.8. The zero-order valence-electron chi connectivity index (χ0n) is 16.8. The maximum atomic E-state index is 13.7. The van der Waals surface area contributed by atoms with Gasteiger partial charge in [0, 0.05) is 12.4 Å². The summed E-state index contributed by atoms with van der Waals surface area (Å²) >= 11 is 0.448. The number of halogens is 6. The van der Waals surface area contributed by atoms with Crippen LogP contribution in [0.15, 0.2) is 30.6 Å². The Labute approximate surface area is 182 Å². The van der Waals surface area contributed by atoms with Crippen LogP contribution >= 0.6 is 11.3 Å². The quantitative estimate of drug-likeness (QED) is 0.418. The first-order valence-electron chi connectivity index (χ1n) is 9.47. The lowest BCUT2D eigenvalue weighted by atomic mass is 9.90. The molecule has 3 rings (SSSR count). The van der Waals surface area contributed by atoms with Crippen molar-refractivity contribution in [3.63, 3.8) is 0 Å². The molecule has 2 aromatic heterocycles. The number of nitrogens with zero attached hydrogens (tertiary/aromatic N) is 2. The van der Waals surface area contributed by atoms with E-state index in [1.165, 1.54) is 18.5 Å². The molecular weight excluding hydrogens is 462 g/mol. The maximum absolute atomic E-state index is 13.7. The predicted octanol–water partition coefficient (Wildman–Crippen LogP) is 6.04. The van der Waals surface area contributed by atoms with E-state index in [9.17, 15) is 31.4 Å². The molecule has 1 N–H and O–H groups in total. The van der Waals surface area contributed by atoms with Gasteiger partial charge in [0.2, 0.25) is 0 Å². The minimum absolute atomic E-state index is 0.0614. The Balaban J connectivity index is 2.26. The van der Waals surface area contributed by atoms with Gasteiger partial charge in [0.1, 0.15) is 27.7 Å². The molecule has 0 aliphatic rings. The molecule has 0 aliphatic heterocycles. The normalized spacial score (nSPS) is 14.4. The fraction of sp³-hybridized carbons (Fsp3) is 0.400. The number of aromatic nitrogens is 2. The van der Waals surface area contributed by atoms with Gasteiger partial charge in [-0.2, -0.15) is 13.2 Å². The lowest BCUT2D eigenvalue weighted by Crippen LogP contribution is -2.28. The molecule has 0 saturated heterocycles. The first-order chi connectivity index (χ1) is 14.9. The second-order valence-electron chi connectivity index (χ2n) is 6.77. The van der Waals surface area contributed by atoms with Crippen molar-refractivity contribution in [2.75, 3.05) is 6.61 Å². The van der Waals surface area contributed by atoms with Crippen molar-refractivity contribution in [1.29, 1.82) is 0 Å². The summed E-state index contributed by atoms with van der Waals surface area (Å²) in [6.07, 6.45) is -7.23. The van der Waals surface area contributed by atoms with Gasteiger partial charge in [-0.05, 0) is 31.5 Å². The summed E-state index contributed by atoms with van der Waals surface area (Å²) in [6, 6.07) is 3.06. The molecule has 5 nitrogen and oxygen atoms in total. The summed E-state index contributed by atoms with van der Waals surface area (Å²) in [5.74, 6) is -1.11. The van der Waals surface area contributed by atoms with Gasteiger partial charge in [0.15, 0.2) is 0 Å². The molecule has 0 amide bonds. The Morgan fingerprint density at radius 3 is 2.34 bits per heavy atom. The van der Waals surface area contributed by atoms with Crippen LogP contribution in [0.25, 0.3) is 10.2 Å². The van der Waals surface area contributed by atoms with E-state index < -0.39 is 34.2 Å². The fourth-order valence-electron chi connectivity index (χ4n) is 3.32. The van der Waals surface area contributed by atoms with Crippen LogP contribution in [0.2, 0.25) is 0 Å². The smallest absolute Gasteiger partial charge is 0.493 e. The van der Waals surface area contributed by atoms with E-state index in [4.69, 9.17) is 4.74 Å². The Morgan fingerprint density at radius 1 is 1.03 bits per heavy atom. The molecule has 0 fully saturated rings. The van der Waals surface area contributed by atoms with E-state index in [1.54, 1.807) is 13.8 Å². The third kappa shape index (κ3) is 4.75. The van der Waals surface area contributed by atoms with Gasteiger partial charge in [-0.3, -0.25) is 4.98 Å². The highest BCUT2D eigenvalue weighted by atomic mass is 32.1. The van der Waals surface area contributed by atoms with Gasteiger partial charge >= 0.3 is 12.5 Å². The standard InChI is InChI=1S/C20H18F6N2O3S/c1-3-8-18(29,11-10-27-9-7-13(11)30-4-2)17-28-12-5-6-14(31-20(24,25)26)15(16(12)32-17)19(21,22)23/h5-7,9-10,29H,3-4,8H2,1-2H3/t18-/m1/s1. The van der Waals surface area contributed by atoms with Crippen LogP contribution in [0.1, 0.15) is 42.8 Å². The second kappa shape index (κ2) is 8.74. The molecule has 0 saturated carbocycles. The summed E-state index contributed by atoms with van der Waals surface area (Å²) in [4.78, 5) is 8.12. The molecular formula is C20H18F6N2O3S. The number of alkyl halides is 6. The average molecular weight is 480 g/mol. The number of benzene rings is 1. The third-order valence-electron chi connectivity index (χ3n) is 4.52. The Bertz CT molecular complexity index is 1100. The fourth-order valence-corrected chi connectivity index (χ4v) is 4.58. The minimum Gasteiger partial charge on any atom is -0.493 e. The Morgan fingerprint density at radius 2 is 1.75 bits per heavy atom. The van der Waals surface area contributed by atoms with E-state index >= 15 is 0 Å². The van der Waals surface area contributed by atoms with Gasteiger partial charge in [-0.25, -0.2) is 4.98 Å². The Hall–Kier alpha value is -2.60. The number of hydrogen-bond donors (Lipinski definition) is 1. The van der Waals surface area contributed by atoms with Crippen LogP contribution in [0.5, 0.6) is 11.5 Å². The molecule has 2 heterocycles. The zero-order valence-corrected chi connectivity index (χ0v) is 17.7. The maximum Gasteiger partial charge on any atom is 0.573 e. The highest BCUT2D eigenvalue weighted by Gasteiger charge is 2.43. The van der Waals surface area contributed by atoms with Crippen LogP contribution in [0, 0.1) is 0 Å². The number of pyridine rings is 1. The van der Waals surface area contributed by atoms with Gasteiger partial charge in [0.25, 0.3) is 0 Å². The van der Waals surface area contributed by atoms with Gasteiger partial charge in [0.05, 0.1) is 22.4 Å². The third-order valence-corrected chi connectivity index (χ3v) is 5.76. The number of ether oxygens (including phenoxy) is 2. The minimum atomic E-state index is -5.31. The molecule has 0 spiro atoms. The first-order valence-corrected chi connectivity index (χ1v) is 10.3. The van der Waals surface area contributed by atoms with Gasteiger partial charge in [-0.15, -0.1) is 24.5 Å². The SMILES string of the molecule is CCC[C@](O)(c1nc2ccc(OC(F)(F)F)c(C(F)(F)F)c2s1)c1cnccc1OCC. The van der Waals surface area contributed by atoms with Crippen LogP contribution in [0.3, 0.4) is 0 Å². The highest BCUT2D eigenvalue weighted by molar-refractivity contribution is 7.19. The van der Waals surface area contributed by atoms with Crippen molar-refractivity contribution in [2.24, 2.45) is 0 Å². The molecule has 1 atom stereocenters. The van der Waals surface area contributed by atoms with Crippen molar-refractivity contribution < 1.29 is 40.9 Å². The monoisotopic (exact) mass is 480 g/mol. The molecule has 1 aromatic carbocycles. The molecule has 0 unspecified atom stereocenters. The van der Waals surface area contributed by atoms with Gasteiger partial charge in [-0.1, -0.05) is 13.3 Å².